The Morgan fingerprint density at radius 2 is 1.77 bits per heavy atom. The summed E-state index contributed by atoms with van der Waals surface area (Å²) < 4.78 is 111. The van der Waals surface area contributed by atoms with E-state index in [4.69, 9.17) is 4.74 Å². The maximum Gasteiger partial charge on any atom is 0.511 e. The minimum atomic E-state index is -5.97. The molecule has 0 radical (unpaired) electrons. The number of likely N-dealkylation sites (tertiary alicyclic amines) is 1. The van der Waals surface area contributed by atoms with Gasteiger partial charge in [-0.15, -0.1) is 0 Å². The van der Waals surface area contributed by atoms with E-state index in [9.17, 15) is 53.9 Å². The predicted octanol–water partition coefficient (Wildman–Crippen LogP) is 1.73. The van der Waals surface area contributed by atoms with E-state index in [1.165, 1.54) is 25.5 Å². The molecule has 1 aromatic rings. The lowest BCUT2D eigenvalue weighted by Gasteiger charge is -2.37. The lowest BCUT2D eigenvalue weighted by atomic mass is 9.86. The van der Waals surface area contributed by atoms with Crippen molar-refractivity contribution in [1.82, 2.24) is 30.0 Å². The van der Waals surface area contributed by atoms with Crippen molar-refractivity contribution in [3.63, 3.8) is 0 Å². The molecule has 0 spiro atoms. The van der Waals surface area contributed by atoms with Crippen molar-refractivity contribution in [2.24, 2.45) is 35.6 Å². The minimum absolute atomic E-state index is 0.0797. The fraction of sp³-hybridized carbons (Fsp3) is 0.750. The van der Waals surface area contributed by atoms with E-state index in [1.807, 2.05) is 13.8 Å². The molecule has 0 bridgehead atoms. The maximum atomic E-state index is 14.0. The molecule has 3 aliphatic rings. The largest absolute Gasteiger partial charge is 0.511 e. The van der Waals surface area contributed by atoms with Gasteiger partial charge in [-0.2, -0.15) is 36.2 Å². The number of Topliss-reactive ketones (excluding diaryl/α,β-unsaturated/α-hetero) is 1. The smallest absolute Gasteiger partial charge is 0.470 e. The molecule has 3 N–H and O–H groups in total. The number of ether oxygens (including phenoxy) is 1. The number of carbonyl (C=O) groups excluding carboxylic acids is 4. The van der Waals surface area contributed by atoms with Crippen molar-refractivity contribution < 1.29 is 58.7 Å². The van der Waals surface area contributed by atoms with Gasteiger partial charge in [-0.1, -0.05) is 34.6 Å². The van der Waals surface area contributed by atoms with Crippen molar-refractivity contribution in [2.45, 2.75) is 77.3 Å². The van der Waals surface area contributed by atoms with Gasteiger partial charge in [0, 0.05) is 32.1 Å². The highest BCUT2D eigenvalue weighted by molar-refractivity contribution is 7.90. The molecular formula is C28H38F6N6O7S. The summed E-state index contributed by atoms with van der Waals surface area (Å²) in [6.07, 6.45) is -4.69. The number of aryl methyl sites for hydroxylation is 1. The molecule has 1 aromatic heterocycles. The highest BCUT2D eigenvalue weighted by Gasteiger charge is 2.70. The molecule has 6 atom stereocenters. The SMILES string of the molecule is Cn1nc(C(F)(F)F)cc1OCC(=O)[C@@H](C[C@@H]1CCNC1=O)NC(=O)[C@@H]1[C@@H]2[C@H](CN1C(=O)[C@@H](NS(=O)(=O)C(F)(F)F)C(C)(C)C)C2(C)C. The average Bonchev–Trinajstić information content (AvgIpc) is 3.42. The molecule has 1 aliphatic carbocycles. The zero-order chi connectivity index (χ0) is 36.4. The highest BCUT2D eigenvalue weighted by Crippen LogP contribution is 2.65. The molecule has 270 valence electrons. The van der Waals surface area contributed by atoms with E-state index >= 15 is 0 Å². The first-order chi connectivity index (χ1) is 21.8. The number of hydrogen-bond acceptors (Lipinski definition) is 8. The van der Waals surface area contributed by atoms with Crippen LogP contribution in [-0.4, -0.2) is 89.9 Å². The number of ketones is 1. The summed E-state index contributed by atoms with van der Waals surface area (Å²) in [5.74, 6) is -5.05. The van der Waals surface area contributed by atoms with Gasteiger partial charge in [0.25, 0.3) is 0 Å². The molecule has 4 rings (SSSR count). The van der Waals surface area contributed by atoms with Crippen LogP contribution in [0.2, 0.25) is 0 Å². The van der Waals surface area contributed by atoms with Crippen molar-refractivity contribution >= 4 is 33.5 Å². The number of halogens is 6. The van der Waals surface area contributed by atoms with Crippen LogP contribution in [0.4, 0.5) is 26.3 Å². The van der Waals surface area contributed by atoms with Crippen LogP contribution >= 0.6 is 0 Å². The van der Waals surface area contributed by atoms with Crippen LogP contribution in [0.15, 0.2) is 6.07 Å². The quantitative estimate of drug-likeness (QED) is 0.291. The highest BCUT2D eigenvalue weighted by atomic mass is 32.2. The monoisotopic (exact) mass is 716 g/mol. The number of hydrogen-bond donors (Lipinski definition) is 3. The Hall–Kier alpha value is -3.42. The number of carbonyl (C=O) groups is 4. The van der Waals surface area contributed by atoms with E-state index in [1.54, 1.807) is 0 Å². The fourth-order valence-corrected chi connectivity index (χ4v) is 7.35. The van der Waals surface area contributed by atoms with Crippen LogP contribution < -0.4 is 20.1 Å². The van der Waals surface area contributed by atoms with Crippen molar-refractivity contribution in [3.05, 3.63) is 11.8 Å². The molecule has 1 saturated carbocycles. The third kappa shape index (κ3) is 7.42. The summed E-state index contributed by atoms with van der Waals surface area (Å²) in [6, 6.07) is -4.07. The van der Waals surface area contributed by atoms with Gasteiger partial charge in [-0.25, -0.2) is 13.1 Å². The fourth-order valence-electron chi connectivity index (χ4n) is 6.45. The van der Waals surface area contributed by atoms with E-state index in [2.05, 4.69) is 15.7 Å². The zero-order valence-electron chi connectivity index (χ0n) is 27.0. The molecule has 0 aromatic carbocycles. The van der Waals surface area contributed by atoms with E-state index in [-0.39, 0.29) is 18.9 Å². The van der Waals surface area contributed by atoms with Gasteiger partial charge >= 0.3 is 21.7 Å². The van der Waals surface area contributed by atoms with Crippen molar-refractivity contribution in [1.29, 1.82) is 0 Å². The third-order valence-corrected chi connectivity index (χ3v) is 10.5. The minimum Gasteiger partial charge on any atom is -0.470 e. The summed E-state index contributed by atoms with van der Waals surface area (Å²) in [7, 11) is -4.81. The number of fused-ring (bicyclic) bond motifs is 1. The molecule has 3 heterocycles. The number of nitrogens with one attached hydrogen (secondary N) is 3. The van der Waals surface area contributed by atoms with Crippen LogP contribution in [0.3, 0.4) is 0 Å². The van der Waals surface area contributed by atoms with Gasteiger partial charge in [0.15, 0.2) is 18.1 Å². The Bertz CT molecular complexity index is 1570. The third-order valence-electron chi connectivity index (χ3n) is 9.33. The molecule has 20 heteroatoms. The van der Waals surface area contributed by atoms with Crippen molar-refractivity contribution in [2.75, 3.05) is 19.7 Å². The predicted molar refractivity (Wildman–Crippen MR) is 154 cm³/mol. The number of rotatable bonds is 11. The molecule has 3 amide bonds. The Labute approximate surface area is 272 Å². The van der Waals surface area contributed by atoms with Gasteiger partial charge in [0.1, 0.15) is 12.1 Å². The van der Waals surface area contributed by atoms with Crippen LogP contribution in [-0.2, 0) is 42.4 Å². The van der Waals surface area contributed by atoms with Crippen LogP contribution in [0.25, 0.3) is 0 Å². The topological polar surface area (TPSA) is 169 Å². The lowest BCUT2D eigenvalue weighted by molar-refractivity contribution is -0.144. The number of piperidine rings is 1. The molecule has 13 nitrogen and oxygen atoms in total. The van der Waals surface area contributed by atoms with Crippen LogP contribution in [0.5, 0.6) is 5.88 Å². The summed E-state index contributed by atoms with van der Waals surface area (Å²) in [4.78, 5) is 54.6. The number of aromatic nitrogens is 2. The average molecular weight is 717 g/mol. The van der Waals surface area contributed by atoms with Gasteiger partial charge < -0.3 is 20.3 Å². The van der Waals surface area contributed by atoms with Crippen LogP contribution in [0.1, 0.15) is 53.2 Å². The van der Waals surface area contributed by atoms with Gasteiger partial charge in [0.2, 0.25) is 23.6 Å². The first-order valence-corrected chi connectivity index (χ1v) is 16.5. The molecule has 48 heavy (non-hydrogen) atoms. The molecule has 2 saturated heterocycles. The molecular weight excluding hydrogens is 678 g/mol. The van der Waals surface area contributed by atoms with E-state index < -0.39 is 104 Å². The molecule has 0 unspecified atom stereocenters. The standard InChI is InChI=1S/C28H38F6N6O7S/c1-25(2,3)21(38-48(45,46)28(32,33)34)24(44)40-11-14-19(26(14,4)5)20(40)23(43)36-15(9-13-7-8-35-22(13)42)16(41)12-47-18-10-17(27(29,30)31)37-39(18)6/h10,13-15,19-21,38H,7-9,11-12H2,1-6H3,(H,35,42)(H,36,43)/t13-,14-,15+,19-,20-,21+/m0/s1. The zero-order valence-corrected chi connectivity index (χ0v) is 27.8. The number of nitrogens with zero attached hydrogens (tertiary/aromatic N) is 3. The maximum absolute atomic E-state index is 14.0. The molecule has 2 aliphatic heterocycles. The summed E-state index contributed by atoms with van der Waals surface area (Å²) >= 11 is 0. The number of alkyl halides is 6. The lowest BCUT2D eigenvalue weighted by Crippen LogP contribution is -2.61. The summed E-state index contributed by atoms with van der Waals surface area (Å²) in [5.41, 5.74) is -8.85. The van der Waals surface area contributed by atoms with Gasteiger partial charge in [0.05, 0.1) is 6.04 Å². The Balaban J connectivity index is 1.59. The van der Waals surface area contributed by atoms with Crippen LogP contribution in [0, 0.1) is 28.6 Å². The second kappa shape index (κ2) is 12.5. The first kappa shape index (κ1) is 37.4. The normalized spacial score (nSPS) is 25.2. The number of sulfonamides is 1. The Morgan fingerprint density at radius 3 is 2.27 bits per heavy atom. The first-order valence-electron chi connectivity index (χ1n) is 15.0. The summed E-state index contributed by atoms with van der Waals surface area (Å²) in [6.45, 7) is 7.09. The van der Waals surface area contributed by atoms with E-state index in [0.717, 1.165) is 16.6 Å². The van der Waals surface area contributed by atoms with Crippen molar-refractivity contribution in [3.8, 4) is 5.88 Å². The van der Waals surface area contributed by atoms with Gasteiger partial charge in [-0.3, -0.25) is 19.2 Å². The summed E-state index contributed by atoms with van der Waals surface area (Å²) in [5, 5.41) is 8.47. The van der Waals surface area contributed by atoms with Gasteiger partial charge in [-0.05, 0) is 35.5 Å². The second-order valence-corrected chi connectivity index (χ2v) is 15.8. The molecule has 3 fully saturated rings. The Morgan fingerprint density at radius 1 is 1.15 bits per heavy atom. The second-order valence-electron chi connectivity index (χ2n) is 14.1. The van der Waals surface area contributed by atoms with E-state index in [0.29, 0.717) is 19.0 Å². The number of amides is 3. The Kier molecular flexibility index (Phi) is 9.72.